The first-order chi connectivity index (χ1) is 14.1. The van der Waals surface area contributed by atoms with Crippen LogP contribution in [0.5, 0.6) is 17.2 Å². The van der Waals surface area contributed by atoms with Gasteiger partial charge in [0.05, 0.1) is 13.7 Å². The second-order valence-corrected chi connectivity index (χ2v) is 6.33. The van der Waals surface area contributed by atoms with E-state index in [2.05, 4.69) is 10.3 Å². The SMILES string of the molecule is CCOc1ccc(OCC(=O)NC(c2ccccc2OC)c2nccn2C)cc1. The molecule has 7 nitrogen and oxygen atoms in total. The summed E-state index contributed by atoms with van der Waals surface area (Å²) < 4.78 is 18.4. The summed E-state index contributed by atoms with van der Waals surface area (Å²) in [5.74, 6) is 2.46. The minimum absolute atomic E-state index is 0.121. The molecular weight excluding hydrogens is 370 g/mol. The fraction of sp³-hybridized carbons (Fsp3) is 0.273. The fourth-order valence-corrected chi connectivity index (χ4v) is 2.99. The highest BCUT2D eigenvalue weighted by Crippen LogP contribution is 2.29. The lowest BCUT2D eigenvalue weighted by Gasteiger charge is -2.21. The molecule has 1 amide bonds. The number of nitrogens with zero attached hydrogens (tertiary/aromatic N) is 2. The van der Waals surface area contributed by atoms with E-state index in [0.717, 1.165) is 11.3 Å². The quantitative estimate of drug-likeness (QED) is 0.603. The Kier molecular flexibility index (Phi) is 6.73. The second kappa shape index (κ2) is 9.64. The largest absolute Gasteiger partial charge is 0.496 e. The van der Waals surface area contributed by atoms with Crippen LogP contribution in [0.15, 0.2) is 60.9 Å². The molecule has 29 heavy (non-hydrogen) atoms. The van der Waals surface area contributed by atoms with Gasteiger partial charge >= 0.3 is 0 Å². The maximum atomic E-state index is 12.6. The number of carbonyl (C=O) groups excluding carboxylic acids is 1. The zero-order chi connectivity index (χ0) is 20.6. The number of benzene rings is 2. The van der Waals surface area contributed by atoms with Crippen molar-refractivity contribution >= 4 is 5.91 Å². The van der Waals surface area contributed by atoms with Crippen molar-refractivity contribution in [3.05, 3.63) is 72.3 Å². The lowest BCUT2D eigenvalue weighted by molar-refractivity contribution is -0.123. The minimum Gasteiger partial charge on any atom is -0.496 e. The van der Waals surface area contributed by atoms with Crippen molar-refractivity contribution in [2.24, 2.45) is 7.05 Å². The van der Waals surface area contributed by atoms with Crippen molar-refractivity contribution in [3.8, 4) is 17.2 Å². The molecule has 3 aromatic rings. The van der Waals surface area contributed by atoms with Crippen LogP contribution in [0.1, 0.15) is 24.4 Å². The molecule has 152 valence electrons. The van der Waals surface area contributed by atoms with Crippen molar-refractivity contribution < 1.29 is 19.0 Å². The van der Waals surface area contributed by atoms with Crippen LogP contribution in [0.2, 0.25) is 0 Å². The summed E-state index contributed by atoms with van der Waals surface area (Å²) in [7, 11) is 3.48. The number of hydrogen-bond donors (Lipinski definition) is 1. The predicted octanol–water partition coefficient (Wildman–Crippen LogP) is 3.11. The van der Waals surface area contributed by atoms with Crippen LogP contribution in [-0.2, 0) is 11.8 Å². The lowest BCUT2D eigenvalue weighted by Crippen LogP contribution is -2.34. The van der Waals surface area contributed by atoms with Crippen molar-refractivity contribution in [2.75, 3.05) is 20.3 Å². The fourth-order valence-electron chi connectivity index (χ4n) is 2.99. The highest BCUT2D eigenvalue weighted by Gasteiger charge is 2.24. The number of methoxy groups -OCH3 is 1. The Morgan fingerprint density at radius 3 is 2.41 bits per heavy atom. The number of para-hydroxylation sites is 1. The third kappa shape index (κ3) is 5.07. The van der Waals surface area contributed by atoms with Gasteiger partial charge in [0.15, 0.2) is 6.61 Å². The van der Waals surface area contributed by atoms with Gasteiger partial charge in [-0.15, -0.1) is 0 Å². The molecule has 1 heterocycles. The van der Waals surface area contributed by atoms with E-state index in [9.17, 15) is 4.79 Å². The predicted molar refractivity (Wildman–Crippen MR) is 109 cm³/mol. The Morgan fingerprint density at radius 2 is 1.79 bits per heavy atom. The van der Waals surface area contributed by atoms with Crippen molar-refractivity contribution in [1.29, 1.82) is 0 Å². The zero-order valence-corrected chi connectivity index (χ0v) is 16.8. The minimum atomic E-state index is -0.470. The van der Waals surface area contributed by atoms with E-state index < -0.39 is 6.04 Å². The molecule has 0 saturated heterocycles. The van der Waals surface area contributed by atoms with E-state index in [4.69, 9.17) is 14.2 Å². The summed E-state index contributed by atoms with van der Waals surface area (Å²) in [4.78, 5) is 17.0. The monoisotopic (exact) mass is 395 g/mol. The molecule has 1 unspecified atom stereocenters. The van der Waals surface area contributed by atoms with Crippen LogP contribution in [0.25, 0.3) is 0 Å². The van der Waals surface area contributed by atoms with Crippen molar-refractivity contribution in [2.45, 2.75) is 13.0 Å². The van der Waals surface area contributed by atoms with Crippen LogP contribution in [0.4, 0.5) is 0 Å². The summed E-state index contributed by atoms with van der Waals surface area (Å²) in [6.07, 6.45) is 3.53. The number of carbonyl (C=O) groups is 1. The topological polar surface area (TPSA) is 74.6 Å². The molecule has 0 bridgehead atoms. The maximum absolute atomic E-state index is 12.6. The van der Waals surface area contributed by atoms with Gasteiger partial charge < -0.3 is 24.1 Å². The number of imidazole rings is 1. The Morgan fingerprint density at radius 1 is 1.10 bits per heavy atom. The maximum Gasteiger partial charge on any atom is 0.258 e. The molecule has 1 N–H and O–H groups in total. The molecule has 1 atom stereocenters. The van der Waals surface area contributed by atoms with Gasteiger partial charge in [0.1, 0.15) is 29.1 Å². The molecule has 0 fully saturated rings. The summed E-state index contributed by atoms with van der Waals surface area (Å²) in [5.41, 5.74) is 0.818. The number of aromatic nitrogens is 2. The van der Waals surface area contributed by atoms with Gasteiger partial charge in [-0.25, -0.2) is 4.98 Å². The van der Waals surface area contributed by atoms with E-state index in [-0.39, 0.29) is 12.5 Å². The first-order valence-electron chi connectivity index (χ1n) is 9.37. The molecule has 7 heteroatoms. The van der Waals surface area contributed by atoms with Gasteiger partial charge in [-0.1, -0.05) is 18.2 Å². The average Bonchev–Trinajstić information content (AvgIpc) is 3.17. The summed E-state index contributed by atoms with van der Waals surface area (Å²) >= 11 is 0. The van der Waals surface area contributed by atoms with Crippen LogP contribution >= 0.6 is 0 Å². The third-order valence-corrected chi connectivity index (χ3v) is 4.38. The van der Waals surface area contributed by atoms with Gasteiger partial charge in [-0.05, 0) is 37.3 Å². The molecule has 0 saturated carbocycles. The first-order valence-corrected chi connectivity index (χ1v) is 9.37. The molecule has 1 aromatic heterocycles. The number of ether oxygens (including phenoxy) is 3. The van der Waals surface area contributed by atoms with Gasteiger partial charge in [-0.2, -0.15) is 0 Å². The van der Waals surface area contributed by atoms with Crippen LogP contribution < -0.4 is 19.5 Å². The Bertz CT molecular complexity index is 937. The van der Waals surface area contributed by atoms with Crippen molar-refractivity contribution in [3.63, 3.8) is 0 Å². The molecule has 0 aliphatic heterocycles. The molecule has 0 aliphatic carbocycles. The van der Waals surface area contributed by atoms with E-state index in [0.29, 0.717) is 23.9 Å². The molecule has 0 aliphatic rings. The Hall–Kier alpha value is -3.48. The molecular formula is C22H25N3O4. The van der Waals surface area contributed by atoms with Crippen LogP contribution in [-0.4, -0.2) is 35.8 Å². The number of hydrogen-bond acceptors (Lipinski definition) is 5. The smallest absolute Gasteiger partial charge is 0.258 e. The van der Waals surface area contributed by atoms with E-state index in [1.165, 1.54) is 0 Å². The molecule has 3 rings (SSSR count). The summed E-state index contributed by atoms with van der Waals surface area (Å²) in [5, 5.41) is 3.00. The molecule has 0 radical (unpaired) electrons. The van der Waals surface area contributed by atoms with Crippen molar-refractivity contribution in [1.82, 2.24) is 14.9 Å². The second-order valence-electron chi connectivity index (χ2n) is 6.33. The van der Waals surface area contributed by atoms with Gasteiger partial charge in [0.2, 0.25) is 0 Å². The average molecular weight is 395 g/mol. The summed E-state index contributed by atoms with van der Waals surface area (Å²) in [6.45, 7) is 2.40. The molecule has 2 aromatic carbocycles. The van der Waals surface area contributed by atoms with E-state index in [1.807, 2.05) is 61.1 Å². The number of amides is 1. The highest BCUT2D eigenvalue weighted by molar-refractivity contribution is 5.78. The third-order valence-electron chi connectivity index (χ3n) is 4.38. The normalized spacial score (nSPS) is 11.6. The number of rotatable bonds is 9. The first kappa shape index (κ1) is 20.3. The van der Waals surface area contributed by atoms with Crippen LogP contribution in [0, 0.1) is 0 Å². The number of aryl methyl sites for hydroxylation is 1. The van der Waals surface area contributed by atoms with E-state index in [1.54, 1.807) is 25.4 Å². The van der Waals surface area contributed by atoms with Crippen LogP contribution in [0.3, 0.4) is 0 Å². The zero-order valence-electron chi connectivity index (χ0n) is 16.8. The standard InChI is InChI=1S/C22H25N3O4/c1-4-28-16-9-11-17(12-10-16)29-15-20(26)24-21(22-23-13-14-25(22)2)18-7-5-6-8-19(18)27-3/h5-14,21H,4,15H2,1-3H3,(H,24,26). The summed E-state index contributed by atoms with van der Waals surface area (Å²) in [6, 6.07) is 14.2. The van der Waals surface area contributed by atoms with Gasteiger partial charge in [0.25, 0.3) is 5.91 Å². The Balaban J connectivity index is 1.72. The van der Waals surface area contributed by atoms with Gasteiger partial charge in [0, 0.05) is 25.0 Å². The molecule has 0 spiro atoms. The number of nitrogens with one attached hydrogen (secondary N) is 1. The lowest BCUT2D eigenvalue weighted by atomic mass is 10.0. The van der Waals surface area contributed by atoms with Gasteiger partial charge in [-0.3, -0.25) is 4.79 Å². The highest BCUT2D eigenvalue weighted by atomic mass is 16.5. The Labute approximate surface area is 170 Å². The van der Waals surface area contributed by atoms with E-state index >= 15 is 0 Å².